The molecule has 1 aliphatic rings. The van der Waals surface area contributed by atoms with Crippen molar-refractivity contribution in [3.05, 3.63) is 28.7 Å². The van der Waals surface area contributed by atoms with Crippen molar-refractivity contribution in [3.8, 4) is 11.5 Å². The lowest BCUT2D eigenvalue weighted by Gasteiger charge is -2.30. The van der Waals surface area contributed by atoms with Crippen LogP contribution in [-0.4, -0.2) is 40.9 Å². The van der Waals surface area contributed by atoms with Crippen LogP contribution in [0, 0.1) is 5.92 Å². The predicted molar refractivity (Wildman–Crippen MR) is 103 cm³/mol. The van der Waals surface area contributed by atoms with E-state index in [9.17, 15) is 14.7 Å². The van der Waals surface area contributed by atoms with Gasteiger partial charge in [0.2, 0.25) is 0 Å². The first-order chi connectivity index (χ1) is 12.3. The van der Waals surface area contributed by atoms with Crippen LogP contribution in [-0.2, 0) is 9.59 Å². The first-order valence-electron chi connectivity index (χ1n) is 8.08. The molecule has 1 fully saturated rings. The second kappa shape index (κ2) is 8.55. The fraction of sp³-hybridized carbons (Fsp3) is 0.389. The first kappa shape index (κ1) is 20.3. The Morgan fingerprint density at radius 1 is 1.38 bits per heavy atom. The summed E-state index contributed by atoms with van der Waals surface area (Å²) in [7, 11) is 1.54. The molecule has 26 heavy (non-hydrogen) atoms. The van der Waals surface area contributed by atoms with Crippen molar-refractivity contribution in [1.82, 2.24) is 4.90 Å². The largest absolute Gasteiger partial charge is 0.548 e. The molecule has 0 radical (unpaired) electrons. The van der Waals surface area contributed by atoms with Crippen LogP contribution in [0.1, 0.15) is 26.3 Å². The first-order valence-corrected chi connectivity index (χ1v) is 9.31. The number of thioether (sulfide) groups is 1. The summed E-state index contributed by atoms with van der Waals surface area (Å²) in [4.78, 5) is 25.6. The Bertz CT molecular complexity index is 760. The van der Waals surface area contributed by atoms with Gasteiger partial charge in [0.15, 0.2) is 11.5 Å². The Balaban J connectivity index is 2.34. The highest BCUT2D eigenvalue weighted by molar-refractivity contribution is 8.26. The molecule has 0 aromatic heterocycles. The predicted octanol–water partition coefficient (Wildman–Crippen LogP) is 2.07. The quantitative estimate of drug-likeness (QED) is 0.517. The molecule has 0 bridgehead atoms. The third-order valence-electron chi connectivity index (χ3n) is 3.76. The summed E-state index contributed by atoms with van der Waals surface area (Å²) in [5, 5.41) is 11.4. The van der Waals surface area contributed by atoms with Gasteiger partial charge in [-0.05, 0) is 36.6 Å². The van der Waals surface area contributed by atoms with Gasteiger partial charge < -0.3 is 19.4 Å². The number of ether oxygens (including phenoxy) is 2. The van der Waals surface area contributed by atoms with E-state index < -0.39 is 17.9 Å². The average molecular weight is 394 g/mol. The molecule has 1 heterocycles. The maximum atomic E-state index is 12.7. The highest BCUT2D eigenvalue weighted by Crippen LogP contribution is 2.36. The molecule has 0 N–H and O–H groups in total. The highest BCUT2D eigenvalue weighted by Gasteiger charge is 2.39. The van der Waals surface area contributed by atoms with E-state index in [2.05, 4.69) is 0 Å². The van der Waals surface area contributed by atoms with E-state index in [4.69, 9.17) is 21.7 Å². The molecule has 1 amide bonds. The minimum Gasteiger partial charge on any atom is -0.548 e. The molecule has 8 heteroatoms. The molecule has 0 unspecified atom stereocenters. The fourth-order valence-corrected chi connectivity index (χ4v) is 3.92. The van der Waals surface area contributed by atoms with Gasteiger partial charge in [-0.15, -0.1) is 0 Å². The number of amides is 1. The van der Waals surface area contributed by atoms with Crippen LogP contribution < -0.4 is 14.6 Å². The minimum absolute atomic E-state index is 0.210. The smallest absolute Gasteiger partial charge is 0.266 e. The van der Waals surface area contributed by atoms with E-state index >= 15 is 0 Å². The van der Waals surface area contributed by atoms with Crippen molar-refractivity contribution in [3.63, 3.8) is 0 Å². The molecule has 1 aromatic carbocycles. The lowest BCUT2D eigenvalue weighted by molar-refractivity contribution is -0.311. The summed E-state index contributed by atoms with van der Waals surface area (Å²) in [6, 6.07) is 4.20. The molecular weight excluding hydrogens is 374 g/mol. The van der Waals surface area contributed by atoms with Crippen LogP contribution in [0.4, 0.5) is 0 Å². The molecular formula is C18H20NO5S2-. The third-order valence-corrected chi connectivity index (χ3v) is 5.09. The molecule has 0 spiro atoms. The number of rotatable bonds is 7. The van der Waals surface area contributed by atoms with Crippen LogP contribution in [0.2, 0.25) is 0 Å². The Labute approximate surface area is 162 Å². The summed E-state index contributed by atoms with van der Waals surface area (Å²) < 4.78 is 11.0. The van der Waals surface area contributed by atoms with Crippen molar-refractivity contribution in [2.75, 3.05) is 13.7 Å². The van der Waals surface area contributed by atoms with Crippen LogP contribution in [0.5, 0.6) is 11.5 Å². The molecule has 140 valence electrons. The number of nitrogens with zero attached hydrogens (tertiary/aromatic N) is 1. The normalized spacial score (nSPS) is 17.1. The molecule has 1 atom stereocenters. The number of aliphatic carboxylic acids is 1. The second-order valence-corrected chi connectivity index (χ2v) is 7.58. The van der Waals surface area contributed by atoms with Crippen LogP contribution >= 0.6 is 24.0 Å². The van der Waals surface area contributed by atoms with E-state index in [0.29, 0.717) is 23.0 Å². The number of benzene rings is 1. The summed E-state index contributed by atoms with van der Waals surface area (Å²) >= 11 is 6.29. The Kier molecular flexibility index (Phi) is 6.66. The zero-order chi connectivity index (χ0) is 19.4. The lowest BCUT2D eigenvalue weighted by atomic mass is 10.0. The van der Waals surface area contributed by atoms with Gasteiger partial charge in [-0.25, -0.2) is 0 Å². The lowest BCUT2D eigenvalue weighted by Crippen LogP contribution is -2.52. The van der Waals surface area contributed by atoms with Crippen molar-refractivity contribution in [2.45, 2.75) is 26.8 Å². The minimum atomic E-state index is -1.32. The fourth-order valence-electron chi connectivity index (χ4n) is 2.60. The van der Waals surface area contributed by atoms with E-state index in [-0.39, 0.29) is 10.2 Å². The second-order valence-electron chi connectivity index (χ2n) is 5.90. The zero-order valence-electron chi connectivity index (χ0n) is 15.0. The number of hydrogen-bond donors (Lipinski definition) is 0. The van der Waals surface area contributed by atoms with E-state index in [0.717, 1.165) is 22.2 Å². The number of carbonyl (C=O) groups is 2. The number of carbonyl (C=O) groups excluding carboxylic acids is 2. The van der Waals surface area contributed by atoms with Gasteiger partial charge in [0, 0.05) is 0 Å². The number of carboxylic acid groups (broad SMARTS) is 1. The Morgan fingerprint density at radius 3 is 2.62 bits per heavy atom. The van der Waals surface area contributed by atoms with Gasteiger partial charge in [0.05, 0.1) is 30.6 Å². The van der Waals surface area contributed by atoms with Gasteiger partial charge in [0.25, 0.3) is 5.91 Å². The zero-order valence-corrected chi connectivity index (χ0v) is 16.6. The summed E-state index contributed by atoms with van der Waals surface area (Å²) in [6.45, 7) is 5.80. The molecule has 1 aliphatic heterocycles. The Hall–Kier alpha value is -2.06. The summed E-state index contributed by atoms with van der Waals surface area (Å²) in [5.74, 6) is -0.925. The van der Waals surface area contributed by atoms with Gasteiger partial charge in [-0.2, -0.15) is 0 Å². The standard InChI is InChI=1S/C18H21NO5S2/c1-5-24-12-7-6-11(8-13(12)23-4)9-14-16(20)19(18(25)26-14)15(10(2)3)17(21)22/h6-10,15H,5H2,1-4H3,(H,21,22)/p-1/b14-9+/t15-/m1/s1. The monoisotopic (exact) mass is 394 g/mol. The molecule has 2 rings (SSSR count). The van der Waals surface area contributed by atoms with Crippen molar-refractivity contribution in [1.29, 1.82) is 0 Å². The van der Waals surface area contributed by atoms with Gasteiger partial charge in [-0.3, -0.25) is 9.69 Å². The number of hydrogen-bond acceptors (Lipinski definition) is 7. The van der Waals surface area contributed by atoms with Crippen molar-refractivity contribution >= 4 is 46.3 Å². The van der Waals surface area contributed by atoms with E-state index in [1.54, 1.807) is 38.1 Å². The number of thiocarbonyl (C=S) groups is 1. The Morgan fingerprint density at radius 2 is 2.08 bits per heavy atom. The number of carboxylic acids is 1. The SMILES string of the molecule is CCOc1ccc(/C=C2/SC(=S)N([C@@H](C(=O)[O-])C(C)C)C2=O)cc1OC. The van der Waals surface area contributed by atoms with E-state index in [1.165, 1.54) is 7.11 Å². The molecule has 6 nitrogen and oxygen atoms in total. The summed E-state index contributed by atoms with van der Waals surface area (Å²) in [5.41, 5.74) is 0.723. The molecule has 0 saturated carbocycles. The number of methoxy groups -OCH3 is 1. The maximum absolute atomic E-state index is 12.7. The van der Waals surface area contributed by atoms with Crippen molar-refractivity contribution < 1.29 is 24.2 Å². The van der Waals surface area contributed by atoms with Gasteiger partial charge in [0.1, 0.15) is 4.32 Å². The molecule has 1 aromatic rings. The van der Waals surface area contributed by atoms with Gasteiger partial charge in [-0.1, -0.05) is 43.9 Å². The van der Waals surface area contributed by atoms with Gasteiger partial charge >= 0.3 is 0 Å². The molecule has 1 saturated heterocycles. The third kappa shape index (κ3) is 4.19. The van der Waals surface area contributed by atoms with Crippen LogP contribution in [0.15, 0.2) is 23.1 Å². The highest BCUT2D eigenvalue weighted by atomic mass is 32.2. The topological polar surface area (TPSA) is 78.9 Å². The maximum Gasteiger partial charge on any atom is 0.266 e. The van der Waals surface area contributed by atoms with Crippen LogP contribution in [0.25, 0.3) is 6.08 Å². The van der Waals surface area contributed by atoms with Crippen LogP contribution in [0.3, 0.4) is 0 Å². The summed E-state index contributed by atoms with van der Waals surface area (Å²) in [6.07, 6.45) is 1.66. The van der Waals surface area contributed by atoms with Crippen molar-refractivity contribution in [2.24, 2.45) is 5.92 Å². The average Bonchev–Trinajstić information content (AvgIpc) is 2.83. The van der Waals surface area contributed by atoms with E-state index in [1.807, 2.05) is 6.92 Å². The molecule has 0 aliphatic carbocycles.